The van der Waals surface area contributed by atoms with E-state index in [1.54, 1.807) is 18.2 Å². The van der Waals surface area contributed by atoms with Crippen LogP contribution in [0.25, 0.3) is 11.3 Å². The predicted octanol–water partition coefficient (Wildman–Crippen LogP) is 1.41. The molecule has 0 spiro atoms. The van der Waals surface area contributed by atoms with Gasteiger partial charge in [0.2, 0.25) is 0 Å². The van der Waals surface area contributed by atoms with Gasteiger partial charge in [0.15, 0.2) is 0 Å². The first-order valence-corrected chi connectivity index (χ1v) is 9.74. The number of carbonyl (C=O) groups excluding carboxylic acids is 1. The molecule has 0 aliphatic heterocycles. The number of carboxylic acids is 1. The van der Waals surface area contributed by atoms with Crippen molar-refractivity contribution >= 4 is 17.7 Å². The fourth-order valence-corrected chi connectivity index (χ4v) is 3.77. The van der Waals surface area contributed by atoms with Crippen molar-refractivity contribution in [1.29, 1.82) is 5.41 Å². The van der Waals surface area contributed by atoms with E-state index in [9.17, 15) is 14.4 Å². The van der Waals surface area contributed by atoms with Gasteiger partial charge in [0, 0.05) is 24.2 Å². The molecule has 0 saturated heterocycles. The van der Waals surface area contributed by atoms with Gasteiger partial charge in [-0.25, -0.2) is 4.68 Å². The van der Waals surface area contributed by atoms with Gasteiger partial charge in [-0.2, -0.15) is 5.10 Å². The van der Waals surface area contributed by atoms with Crippen molar-refractivity contribution in [3.8, 4) is 11.3 Å². The van der Waals surface area contributed by atoms with Crippen LogP contribution in [0.2, 0.25) is 0 Å². The summed E-state index contributed by atoms with van der Waals surface area (Å²) in [5, 5.41) is 23.8. The molecular formula is C21H25N5O4. The topological polar surface area (TPSA) is 151 Å². The highest BCUT2D eigenvalue weighted by molar-refractivity contribution is 5.96. The number of nitrogens with zero attached hydrogens (tertiary/aromatic N) is 2. The molecule has 0 unspecified atom stereocenters. The maximum absolute atomic E-state index is 12.8. The van der Waals surface area contributed by atoms with Gasteiger partial charge < -0.3 is 16.2 Å². The molecule has 1 aromatic carbocycles. The number of aromatic nitrogens is 2. The number of aryl methyl sites for hydroxylation is 2. The summed E-state index contributed by atoms with van der Waals surface area (Å²) < 4.78 is 1.13. The molecule has 158 valence electrons. The summed E-state index contributed by atoms with van der Waals surface area (Å²) in [6, 6.07) is 6.51. The number of carbonyl (C=O) groups is 2. The van der Waals surface area contributed by atoms with Gasteiger partial charge in [-0.15, -0.1) is 0 Å². The van der Waals surface area contributed by atoms with Gasteiger partial charge in [-0.3, -0.25) is 19.8 Å². The van der Waals surface area contributed by atoms with Crippen LogP contribution in [0.4, 0.5) is 0 Å². The molecule has 0 atom stereocenters. The molecule has 9 heteroatoms. The Bertz CT molecular complexity index is 1070. The Balaban J connectivity index is 1.85. The van der Waals surface area contributed by atoms with E-state index in [-0.39, 0.29) is 23.4 Å². The van der Waals surface area contributed by atoms with Gasteiger partial charge in [-0.1, -0.05) is 12.1 Å². The Morgan fingerprint density at radius 2 is 1.90 bits per heavy atom. The molecule has 3 rings (SSSR count). The normalized spacial score (nSPS) is 18.6. The lowest BCUT2D eigenvalue weighted by molar-refractivity contribution is -0.142. The Hall–Kier alpha value is -3.49. The molecule has 0 radical (unpaired) electrons. The number of hydrogen-bond donors (Lipinski definition) is 4. The first kappa shape index (κ1) is 21.2. The summed E-state index contributed by atoms with van der Waals surface area (Å²) in [5.41, 5.74) is 7.59. The number of rotatable bonds is 5. The second-order valence-corrected chi connectivity index (χ2v) is 7.68. The van der Waals surface area contributed by atoms with E-state index in [0.717, 1.165) is 15.8 Å². The third-order valence-electron chi connectivity index (χ3n) is 5.53. The Kier molecular flexibility index (Phi) is 6.00. The van der Waals surface area contributed by atoms with Gasteiger partial charge in [0.05, 0.1) is 11.6 Å². The average Bonchev–Trinajstić information content (AvgIpc) is 2.70. The van der Waals surface area contributed by atoms with Crippen LogP contribution < -0.4 is 16.6 Å². The number of amides is 1. The van der Waals surface area contributed by atoms with E-state index in [2.05, 4.69) is 10.4 Å². The maximum Gasteiger partial charge on any atom is 0.306 e. The third kappa shape index (κ3) is 4.40. The van der Waals surface area contributed by atoms with Crippen LogP contribution in [0.5, 0.6) is 0 Å². The summed E-state index contributed by atoms with van der Waals surface area (Å²) in [4.78, 5) is 36.4. The van der Waals surface area contributed by atoms with Crippen LogP contribution in [-0.4, -0.2) is 38.6 Å². The number of nitrogens with two attached hydrogens (primary N) is 1. The molecule has 1 heterocycles. The minimum atomic E-state index is -0.807. The quantitative estimate of drug-likeness (QED) is 0.431. The number of hydrogen-bond acceptors (Lipinski definition) is 5. The number of nitrogens with one attached hydrogen (secondary N) is 2. The fourth-order valence-electron chi connectivity index (χ4n) is 3.77. The highest BCUT2D eigenvalue weighted by Crippen LogP contribution is 2.25. The number of amidine groups is 1. The Morgan fingerprint density at radius 3 is 2.47 bits per heavy atom. The summed E-state index contributed by atoms with van der Waals surface area (Å²) in [6.07, 6.45) is 2.13. The Morgan fingerprint density at radius 1 is 1.23 bits per heavy atom. The lowest BCUT2D eigenvalue weighted by atomic mass is 9.86. The second kappa shape index (κ2) is 8.48. The number of nitrogen functional groups attached to an aromatic ring is 1. The van der Waals surface area contributed by atoms with E-state index in [1.807, 2.05) is 6.92 Å². The fraction of sp³-hybridized carbons (Fsp3) is 0.381. The van der Waals surface area contributed by atoms with Crippen LogP contribution in [0.1, 0.15) is 47.2 Å². The molecule has 1 aliphatic carbocycles. The van der Waals surface area contributed by atoms with E-state index in [0.29, 0.717) is 36.9 Å². The number of benzene rings is 1. The zero-order valence-corrected chi connectivity index (χ0v) is 16.9. The highest BCUT2D eigenvalue weighted by Gasteiger charge is 2.27. The third-order valence-corrected chi connectivity index (χ3v) is 5.53. The summed E-state index contributed by atoms with van der Waals surface area (Å²) in [7, 11) is 1.49. The molecule has 1 saturated carbocycles. The van der Waals surface area contributed by atoms with Crippen LogP contribution in [0.15, 0.2) is 29.1 Å². The second-order valence-electron chi connectivity index (χ2n) is 7.68. The van der Waals surface area contributed by atoms with Gasteiger partial charge in [-0.05, 0) is 50.3 Å². The van der Waals surface area contributed by atoms with Crippen molar-refractivity contribution in [2.75, 3.05) is 0 Å². The van der Waals surface area contributed by atoms with Crippen molar-refractivity contribution in [2.45, 2.75) is 38.6 Å². The standard InChI is InChI=1S/C21H25N5O4/c1-11-9-13(18(22)23)5-8-15(11)17-10-16(20(28)26(2)25-17)19(27)24-14-6-3-12(4-7-14)21(29)30/h5,8-10,12,14H,3-4,6-7H2,1-2H3,(H3,22,23)(H,24,27)(H,29,30)/t12-,14-. The van der Waals surface area contributed by atoms with E-state index < -0.39 is 17.4 Å². The van der Waals surface area contributed by atoms with E-state index in [4.69, 9.17) is 16.2 Å². The maximum atomic E-state index is 12.8. The minimum absolute atomic E-state index is 0.0158. The smallest absolute Gasteiger partial charge is 0.306 e. The monoisotopic (exact) mass is 411 g/mol. The van der Waals surface area contributed by atoms with Crippen LogP contribution in [0, 0.1) is 18.3 Å². The molecule has 1 aromatic heterocycles. The summed E-state index contributed by atoms with van der Waals surface area (Å²) in [5.74, 6) is -1.72. The van der Waals surface area contributed by atoms with Gasteiger partial charge in [0.1, 0.15) is 11.4 Å². The average molecular weight is 411 g/mol. The minimum Gasteiger partial charge on any atom is -0.481 e. The molecule has 5 N–H and O–H groups in total. The zero-order chi connectivity index (χ0) is 22.0. The highest BCUT2D eigenvalue weighted by atomic mass is 16.4. The Labute approximate surface area is 173 Å². The van der Waals surface area contributed by atoms with Crippen LogP contribution in [0.3, 0.4) is 0 Å². The first-order chi connectivity index (χ1) is 14.2. The molecule has 0 bridgehead atoms. The lowest BCUT2D eigenvalue weighted by Gasteiger charge is -2.26. The summed E-state index contributed by atoms with van der Waals surface area (Å²) >= 11 is 0. The van der Waals surface area contributed by atoms with Gasteiger partial charge >= 0.3 is 5.97 Å². The largest absolute Gasteiger partial charge is 0.481 e. The molecule has 30 heavy (non-hydrogen) atoms. The summed E-state index contributed by atoms with van der Waals surface area (Å²) in [6.45, 7) is 1.84. The zero-order valence-electron chi connectivity index (χ0n) is 16.9. The van der Waals surface area contributed by atoms with Crippen molar-refractivity contribution in [3.63, 3.8) is 0 Å². The van der Waals surface area contributed by atoms with Crippen molar-refractivity contribution < 1.29 is 14.7 Å². The molecule has 2 aromatic rings. The van der Waals surface area contributed by atoms with Crippen LogP contribution >= 0.6 is 0 Å². The molecule has 9 nitrogen and oxygen atoms in total. The van der Waals surface area contributed by atoms with Crippen molar-refractivity contribution in [3.05, 3.63) is 51.3 Å². The number of carboxylic acid groups (broad SMARTS) is 1. The van der Waals surface area contributed by atoms with Crippen molar-refractivity contribution in [2.24, 2.45) is 18.7 Å². The number of aliphatic carboxylic acids is 1. The lowest BCUT2D eigenvalue weighted by Crippen LogP contribution is -2.41. The van der Waals surface area contributed by atoms with Gasteiger partial charge in [0.25, 0.3) is 11.5 Å². The van der Waals surface area contributed by atoms with E-state index >= 15 is 0 Å². The molecule has 1 amide bonds. The molecule has 1 fully saturated rings. The van der Waals surface area contributed by atoms with E-state index in [1.165, 1.54) is 13.1 Å². The SMILES string of the molecule is Cc1cc(C(=N)N)ccc1-c1cc(C(=O)N[C@H]2CC[C@H](C(=O)O)CC2)c(=O)n(C)n1. The van der Waals surface area contributed by atoms with Crippen molar-refractivity contribution in [1.82, 2.24) is 15.1 Å². The first-order valence-electron chi connectivity index (χ1n) is 9.74. The molecular weight excluding hydrogens is 386 g/mol. The predicted molar refractivity (Wildman–Crippen MR) is 112 cm³/mol. The molecule has 1 aliphatic rings. The van der Waals surface area contributed by atoms with Crippen LogP contribution in [-0.2, 0) is 11.8 Å².